The second-order valence-corrected chi connectivity index (χ2v) is 7.03. The number of likely N-dealkylation sites (N-methyl/N-ethyl adjacent to an activating group) is 1. The van der Waals surface area contributed by atoms with Crippen LogP contribution in [0.15, 0.2) is 48.8 Å². The van der Waals surface area contributed by atoms with Crippen LogP contribution in [-0.4, -0.2) is 46.5 Å². The fraction of sp³-hybridized carbons (Fsp3) is 0.400. The van der Waals surface area contributed by atoms with E-state index >= 15 is 0 Å². The van der Waals surface area contributed by atoms with Gasteiger partial charge in [0.25, 0.3) is 0 Å². The summed E-state index contributed by atoms with van der Waals surface area (Å²) in [7, 11) is 0. The zero-order chi connectivity index (χ0) is 18.4. The number of likely N-dealkylation sites (tertiary alicyclic amines) is 1. The first kappa shape index (κ1) is 18.7. The number of carbonyl (C=O) groups is 1. The van der Waals surface area contributed by atoms with Crippen molar-refractivity contribution in [3.8, 4) is 0 Å². The number of nitrogens with zero attached hydrogens (tertiary/aromatic N) is 3. The molecule has 1 N–H and O–H groups in total. The third-order valence-electron chi connectivity index (χ3n) is 4.84. The Morgan fingerprint density at radius 2 is 2.00 bits per heavy atom. The molecule has 1 aromatic carbocycles. The Hall–Kier alpha value is -2.11. The largest absolute Gasteiger partial charge is 0.322 e. The molecule has 1 aliphatic rings. The minimum atomic E-state index is -0.0907. The number of urea groups is 1. The molecule has 6 heteroatoms. The van der Waals surface area contributed by atoms with Gasteiger partial charge in [-0.3, -0.25) is 9.88 Å². The van der Waals surface area contributed by atoms with E-state index < -0.39 is 0 Å². The molecule has 0 saturated carbocycles. The predicted octanol–water partition coefficient (Wildman–Crippen LogP) is 4.25. The molecule has 0 radical (unpaired) electrons. The highest BCUT2D eigenvalue weighted by atomic mass is 35.5. The van der Waals surface area contributed by atoms with Crippen LogP contribution >= 0.6 is 11.6 Å². The summed E-state index contributed by atoms with van der Waals surface area (Å²) >= 11 is 5.93. The van der Waals surface area contributed by atoms with Crippen LogP contribution in [0.1, 0.15) is 25.3 Å². The first-order chi connectivity index (χ1) is 12.7. The molecule has 1 atom stereocenters. The van der Waals surface area contributed by atoms with Gasteiger partial charge in [-0.1, -0.05) is 18.5 Å². The molecule has 1 fully saturated rings. The number of benzene rings is 1. The molecule has 2 amide bonds. The van der Waals surface area contributed by atoms with E-state index in [4.69, 9.17) is 11.6 Å². The average Bonchev–Trinajstić information content (AvgIpc) is 3.11. The fourth-order valence-electron chi connectivity index (χ4n) is 3.44. The maximum atomic E-state index is 12.9. The predicted molar refractivity (Wildman–Crippen MR) is 105 cm³/mol. The molecule has 0 aliphatic carbocycles. The lowest BCUT2D eigenvalue weighted by Crippen LogP contribution is -2.44. The van der Waals surface area contributed by atoms with Crippen molar-refractivity contribution >= 4 is 23.3 Å². The maximum absolute atomic E-state index is 12.9. The Bertz CT molecular complexity index is 708. The third-order valence-corrected chi connectivity index (χ3v) is 5.09. The van der Waals surface area contributed by atoms with Gasteiger partial charge in [0, 0.05) is 42.2 Å². The van der Waals surface area contributed by atoms with Crippen molar-refractivity contribution in [3.63, 3.8) is 0 Å². The van der Waals surface area contributed by atoms with Crippen molar-refractivity contribution in [2.45, 2.75) is 32.4 Å². The van der Waals surface area contributed by atoms with Crippen LogP contribution in [0.4, 0.5) is 10.5 Å². The highest BCUT2D eigenvalue weighted by Gasteiger charge is 2.27. The normalized spacial score (nSPS) is 17.2. The standard InChI is InChI=1S/C20H25ClN4O/c1-2-24-13-3-4-19(24)15-25(14-16-9-11-22-12-10-16)20(26)23-18-7-5-17(21)6-8-18/h5-12,19H,2-4,13-15H2,1H3,(H,23,26)/t19-/m1/s1. The van der Waals surface area contributed by atoms with Gasteiger partial charge in [0.1, 0.15) is 0 Å². The van der Waals surface area contributed by atoms with E-state index in [2.05, 4.69) is 22.1 Å². The van der Waals surface area contributed by atoms with Crippen LogP contribution in [0, 0.1) is 0 Å². The SMILES string of the molecule is CCN1CCC[C@@H]1CN(Cc1ccncc1)C(=O)Nc1ccc(Cl)cc1. The number of nitrogens with one attached hydrogen (secondary N) is 1. The molecule has 5 nitrogen and oxygen atoms in total. The number of halogens is 1. The van der Waals surface area contributed by atoms with Gasteiger partial charge in [-0.15, -0.1) is 0 Å². The van der Waals surface area contributed by atoms with Crippen molar-refractivity contribution in [1.29, 1.82) is 0 Å². The Labute approximate surface area is 160 Å². The molecular weight excluding hydrogens is 348 g/mol. The number of aromatic nitrogens is 1. The fourth-order valence-corrected chi connectivity index (χ4v) is 3.56. The summed E-state index contributed by atoms with van der Waals surface area (Å²) in [6.45, 7) is 5.60. The van der Waals surface area contributed by atoms with E-state index in [1.54, 1.807) is 24.5 Å². The quantitative estimate of drug-likeness (QED) is 0.824. The number of rotatable bonds is 6. The molecule has 3 rings (SSSR count). The van der Waals surface area contributed by atoms with Crippen molar-refractivity contribution in [2.24, 2.45) is 0 Å². The molecular formula is C20H25ClN4O. The number of hydrogen-bond donors (Lipinski definition) is 1. The summed E-state index contributed by atoms with van der Waals surface area (Å²) in [6.07, 6.45) is 5.85. The lowest BCUT2D eigenvalue weighted by Gasteiger charge is -2.30. The molecule has 1 aromatic heterocycles. The van der Waals surface area contributed by atoms with Gasteiger partial charge in [0.05, 0.1) is 0 Å². The van der Waals surface area contributed by atoms with Crippen LogP contribution in [0.5, 0.6) is 0 Å². The van der Waals surface area contributed by atoms with E-state index in [1.165, 1.54) is 6.42 Å². The molecule has 0 unspecified atom stereocenters. The zero-order valence-corrected chi connectivity index (χ0v) is 15.8. The van der Waals surface area contributed by atoms with Gasteiger partial charge in [0.2, 0.25) is 0 Å². The van der Waals surface area contributed by atoms with Gasteiger partial charge in [-0.2, -0.15) is 0 Å². The lowest BCUT2D eigenvalue weighted by atomic mass is 10.2. The van der Waals surface area contributed by atoms with Crippen molar-refractivity contribution < 1.29 is 4.79 Å². The number of anilines is 1. The summed E-state index contributed by atoms with van der Waals surface area (Å²) in [4.78, 5) is 21.3. The van der Waals surface area contributed by atoms with E-state index in [9.17, 15) is 4.79 Å². The van der Waals surface area contributed by atoms with Gasteiger partial charge in [-0.25, -0.2) is 4.79 Å². The summed E-state index contributed by atoms with van der Waals surface area (Å²) in [5.74, 6) is 0. The topological polar surface area (TPSA) is 48.5 Å². The van der Waals surface area contributed by atoms with Gasteiger partial charge in [0.15, 0.2) is 0 Å². The van der Waals surface area contributed by atoms with E-state index in [-0.39, 0.29) is 6.03 Å². The number of amides is 2. The maximum Gasteiger partial charge on any atom is 0.322 e. The van der Waals surface area contributed by atoms with Crippen molar-refractivity contribution in [1.82, 2.24) is 14.8 Å². The van der Waals surface area contributed by atoms with Gasteiger partial charge in [-0.05, 0) is 67.9 Å². The third kappa shape index (κ3) is 4.96. The minimum Gasteiger partial charge on any atom is -0.319 e. The van der Waals surface area contributed by atoms with Crippen LogP contribution in [0.3, 0.4) is 0 Å². The first-order valence-corrected chi connectivity index (χ1v) is 9.48. The average molecular weight is 373 g/mol. The minimum absolute atomic E-state index is 0.0907. The molecule has 26 heavy (non-hydrogen) atoms. The molecule has 1 aliphatic heterocycles. The molecule has 1 saturated heterocycles. The molecule has 0 spiro atoms. The first-order valence-electron chi connectivity index (χ1n) is 9.10. The van der Waals surface area contributed by atoms with Crippen LogP contribution in [-0.2, 0) is 6.54 Å². The highest BCUT2D eigenvalue weighted by molar-refractivity contribution is 6.30. The molecule has 138 valence electrons. The van der Waals surface area contributed by atoms with E-state index in [1.807, 2.05) is 29.2 Å². The Morgan fingerprint density at radius 3 is 2.69 bits per heavy atom. The lowest BCUT2D eigenvalue weighted by molar-refractivity contribution is 0.175. The van der Waals surface area contributed by atoms with Gasteiger partial charge >= 0.3 is 6.03 Å². The number of pyridine rings is 1. The Morgan fingerprint density at radius 1 is 1.27 bits per heavy atom. The van der Waals surface area contributed by atoms with Crippen LogP contribution in [0.25, 0.3) is 0 Å². The Balaban J connectivity index is 1.72. The highest BCUT2D eigenvalue weighted by Crippen LogP contribution is 2.20. The van der Waals surface area contributed by atoms with Crippen molar-refractivity contribution in [3.05, 3.63) is 59.4 Å². The second-order valence-electron chi connectivity index (χ2n) is 6.60. The summed E-state index contributed by atoms with van der Waals surface area (Å²) in [5.41, 5.74) is 1.82. The summed E-state index contributed by atoms with van der Waals surface area (Å²) < 4.78 is 0. The Kier molecular flexibility index (Phi) is 6.47. The van der Waals surface area contributed by atoms with Crippen LogP contribution < -0.4 is 5.32 Å². The van der Waals surface area contributed by atoms with E-state index in [0.717, 1.165) is 37.3 Å². The van der Waals surface area contributed by atoms with Crippen molar-refractivity contribution in [2.75, 3.05) is 25.0 Å². The molecule has 2 heterocycles. The summed E-state index contributed by atoms with van der Waals surface area (Å²) in [5, 5.41) is 3.64. The summed E-state index contributed by atoms with van der Waals surface area (Å²) in [6, 6.07) is 11.4. The molecule has 2 aromatic rings. The smallest absolute Gasteiger partial charge is 0.319 e. The molecule has 0 bridgehead atoms. The zero-order valence-electron chi connectivity index (χ0n) is 15.1. The van der Waals surface area contributed by atoms with E-state index in [0.29, 0.717) is 17.6 Å². The monoisotopic (exact) mass is 372 g/mol. The second kappa shape index (κ2) is 9.01. The van der Waals surface area contributed by atoms with Gasteiger partial charge < -0.3 is 10.2 Å². The van der Waals surface area contributed by atoms with Crippen LogP contribution in [0.2, 0.25) is 5.02 Å². The number of hydrogen-bond acceptors (Lipinski definition) is 3. The number of carbonyl (C=O) groups excluding carboxylic acids is 1.